The maximum atomic E-state index is 5.33. The van der Waals surface area contributed by atoms with Gasteiger partial charge in [-0.05, 0) is 210 Å². The Hall–Kier alpha value is -17.0. The summed E-state index contributed by atoms with van der Waals surface area (Å²) in [4.78, 5) is 44.9. The van der Waals surface area contributed by atoms with Crippen LogP contribution in [0.3, 0.4) is 0 Å². The van der Waals surface area contributed by atoms with E-state index in [-0.39, 0.29) is 5.41 Å². The molecule has 0 amide bonds. The highest BCUT2D eigenvalue weighted by Gasteiger charge is 2.27. The fraction of sp³-hybridized carbons (Fsp3) is 0.0930. The van der Waals surface area contributed by atoms with Crippen LogP contribution in [0, 0.1) is 0 Å². The van der Waals surface area contributed by atoms with Gasteiger partial charge in [-0.25, -0.2) is 29.9 Å². The molecule has 0 atom stereocenters. The molecule has 0 spiro atoms. The summed E-state index contributed by atoms with van der Waals surface area (Å²) in [5.41, 5.74) is 35.5. The first-order chi connectivity index (χ1) is 67.9. The van der Waals surface area contributed by atoms with E-state index < -0.39 is 0 Å². The van der Waals surface area contributed by atoms with Crippen molar-refractivity contribution in [1.82, 2.24) is 44.9 Å². The van der Waals surface area contributed by atoms with Crippen LogP contribution in [0.15, 0.2) is 438 Å². The minimum Gasteiger partial charge on any atom is -0.264 e. The third-order valence-corrected chi connectivity index (χ3v) is 27.5. The van der Waals surface area contributed by atoms with Gasteiger partial charge < -0.3 is 0 Å². The first-order valence-corrected chi connectivity index (χ1v) is 47.9. The second-order valence-corrected chi connectivity index (χ2v) is 37.4. The number of rotatable bonds is 14. The zero-order valence-corrected chi connectivity index (χ0v) is 77.6. The van der Waals surface area contributed by atoms with E-state index in [9.17, 15) is 0 Å². The fourth-order valence-corrected chi connectivity index (χ4v) is 20.8. The molecule has 1 fully saturated rings. The normalized spacial score (nSPS) is 12.3. The Kier molecular flexibility index (Phi) is 22.7. The molecule has 9 nitrogen and oxygen atoms in total. The van der Waals surface area contributed by atoms with Crippen molar-refractivity contribution in [1.29, 1.82) is 0 Å². The van der Waals surface area contributed by atoms with Gasteiger partial charge in [-0.2, -0.15) is 0 Å². The number of hydrogen-bond acceptors (Lipinski definition) is 9. The minimum absolute atomic E-state index is 0.0296. The van der Waals surface area contributed by atoms with Crippen LogP contribution in [-0.2, 0) is 5.41 Å². The molecule has 6 heterocycles. The summed E-state index contributed by atoms with van der Waals surface area (Å²) in [5.74, 6) is 0.976. The van der Waals surface area contributed by atoms with Crippen LogP contribution < -0.4 is 0 Å². The molecule has 658 valence electrons. The summed E-state index contributed by atoms with van der Waals surface area (Å²) in [7, 11) is 0. The quantitative estimate of drug-likeness (QED) is 0.0981. The molecule has 1 aliphatic carbocycles. The Labute approximate surface area is 803 Å². The van der Waals surface area contributed by atoms with Gasteiger partial charge in [-0.3, -0.25) is 15.0 Å². The second-order valence-electron chi connectivity index (χ2n) is 37.4. The lowest BCUT2D eigenvalue weighted by Gasteiger charge is -2.20. The number of aromatic nitrogens is 9. The summed E-state index contributed by atoms with van der Waals surface area (Å²) < 4.78 is 0. The van der Waals surface area contributed by atoms with E-state index >= 15 is 0 Å². The maximum absolute atomic E-state index is 5.33. The SMILES string of the molecule is CC(C)(C)c1ccc2nc(-c3ccc(-c4c5ccccc5c(-c5cccnc5)c5ccccc45)cc3)c(-c3ccccc3)nc2c1.CC(C)c1cccc2nc(-c3ccccc3)c(-c3ccc(-c4c5ccccc5c(-c5cccnc5)c5ccccc45)cc3)nc12.c1ccc(-c2nc3ccc(C4CCCC4)cc3nc2-c2ccc(-c3c4ccccc4c(-c4cccnc4)c4ccccc34)cc2)cc1. The van der Waals surface area contributed by atoms with Crippen molar-refractivity contribution in [3.05, 3.63) is 454 Å². The van der Waals surface area contributed by atoms with Crippen molar-refractivity contribution in [2.75, 3.05) is 0 Å². The highest BCUT2D eigenvalue weighted by molar-refractivity contribution is 6.24. The molecule has 25 rings (SSSR count). The van der Waals surface area contributed by atoms with E-state index in [0.717, 1.165) is 117 Å². The molecular formula is C129H97N9. The van der Waals surface area contributed by atoms with Gasteiger partial charge in [0.15, 0.2) is 0 Å². The zero-order chi connectivity index (χ0) is 92.7. The van der Waals surface area contributed by atoms with Gasteiger partial charge in [0.1, 0.15) is 0 Å². The highest BCUT2D eigenvalue weighted by Crippen LogP contribution is 2.50. The van der Waals surface area contributed by atoms with E-state index in [1.807, 2.05) is 67.5 Å². The number of hydrogen-bond donors (Lipinski definition) is 0. The van der Waals surface area contributed by atoms with Crippen LogP contribution in [0.1, 0.15) is 88.8 Å². The third kappa shape index (κ3) is 16.2. The largest absolute Gasteiger partial charge is 0.264 e. The van der Waals surface area contributed by atoms with E-state index in [1.165, 1.54) is 157 Å². The van der Waals surface area contributed by atoms with Gasteiger partial charge in [0, 0.05) is 87.3 Å². The Morgan fingerprint density at radius 2 is 0.493 bits per heavy atom. The van der Waals surface area contributed by atoms with Crippen molar-refractivity contribution in [3.63, 3.8) is 0 Å². The van der Waals surface area contributed by atoms with Crippen LogP contribution in [0.25, 0.3) is 232 Å². The summed E-state index contributed by atoms with van der Waals surface area (Å²) in [5, 5.41) is 14.7. The molecule has 6 aromatic heterocycles. The number of nitrogens with zero attached hydrogens (tertiary/aromatic N) is 9. The Bertz CT molecular complexity index is 8540. The van der Waals surface area contributed by atoms with E-state index in [1.54, 1.807) is 0 Å². The van der Waals surface area contributed by atoms with E-state index in [2.05, 4.69) is 420 Å². The molecule has 138 heavy (non-hydrogen) atoms. The van der Waals surface area contributed by atoms with Gasteiger partial charge in [-0.1, -0.05) is 399 Å². The van der Waals surface area contributed by atoms with Gasteiger partial charge in [0.25, 0.3) is 0 Å². The Morgan fingerprint density at radius 3 is 0.804 bits per heavy atom. The first-order valence-electron chi connectivity index (χ1n) is 47.9. The lowest BCUT2D eigenvalue weighted by Crippen LogP contribution is -2.11. The van der Waals surface area contributed by atoms with Crippen molar-refractivity contribution in [2.45, 2.75) is 77.6 Å². The standard InChI is InChI=1S/C44H33N3.C43H33N3.C42H31N3/c1-2-13-31(14-3-1)43-44(47-40-27-33(24-25-39(40)46-43)29-11-4-5-12-29)32-22-20-30(21-23-32)41-35-16-6-8-18-37(35)42(34-15-10-26-45-28-34)38-19-9-7-17-36(38)41;1-43(2,3)32-23-24-37-38(26-32)46-41(29-12-5-4-6-13-29)42(45-37)30-21-19-28(20-22-30)39-33-15-7-9-17-35(33)40(31-14-11-25-44-27-31)36-18-10-8-16-34(36)39;1-27(2)32-19-10-20-37-42(32)45-41(40(44-37)29-12-4-3-5-13-29)30-23-21-28(22-24-30)38-33-15-6-8-17-35(33)39(31-14-11-25-43-26-31)36-18-9-7-16-34(36)38/h1-3,6-10,13-29H,4-5,11-12H2;4-27H,1-3H3;3-27H,1-2H3. The molecule has 9 heteroatoms. The van der Waals surface area contributed by atoms with Gasteiger partial charge in [0.2, 0.25) is 0 Å². The summed E-state index contributed by atoms with van der Waals surface area (Å²) >= 11 is 0. The lowest BCUT2D eigenvalue weighted by molar-refractivity contribution is 0.591. The molecule has 0 radical (unpaired) electrons. The lowest BCUT2D eigenvalue weighted by atomic mass is 9.86. The Morgan fingerprint density at radius 1 is 0.225 bits per heavy atom. The van der Waals surface area contributed by atoms with Crippen LogP contribution in [0.4, 0.5) is 0 Å². The highest BCUT2D eigenvalue weighted by atomic mass is 14.9. The minimum atomic E-state index is 0.0296. The molecule has 0 unspecified atom stereocenters. The Balaban J connectivity index is 0.000000116. The molecule has 0 aliphatic heterocycles. The van der Waals surface area contributed by atoms with Crippen LogP contribution >= 0.6 is 0 Å². The summed E-state index contributed by atoms with van der Waals surface area (Å²) in [6.45, 7) is 11.1. The monoisotopic (exact) mass is 1770 g/mol. The second kappa shape index (κ2) is 36.8. The van der Waals surface area contributed by atoms with Crippen molar-refractivity contribution < 1.29 is 0 Å². The van der Waals surface area contributed by atoms with E-state index in [4.69, 9.17) is 29.9 Å². The third-order valence-electron chi connectivity index (χ3n) is 27.5. The smallest absolute Gasteiger partial charge is 0.0973 e. The van der Waals surface area contributed by atoms with Crippen molar-refractivity contribution >= 4 is 97.7 Å². The molecule has 18 aromatic carbocycles. The van der Waals surface area contributed by atoms with Crippen LogP contribution in [-0.4, -0.2) is 44.9 Å². The summed E-state index contributed by atoms with van der Waals surface area (Å²) in [6, 6.07) is 142. The van der Waals surface area contributed by atoms with Gasteiger partial charge in [-0.15, -0.1) is 0 Å². The number of fused-ring (bicyclic) bond motifs is 9. The summed E-state index contributed by atoms with van der Waals surface area (Å²) in [6.07, 6.45) is 16.5. The van der Waals surface area contributed by atoms with Gasteiger partial charge in [0.05, 0.1) is 67.3 Å². The van der Waals surface area contributed by atoms with Crippen molar-refractivity contribution in [3.8, 4) is 134 Å². The molecule has 24 aromatic rings. The number of pyridine rings is 3. The van der Waals surface area contributed by atoms with Gasteiger partial charge >= 0.3 is 0 Å². The fourth-order valence-electron chi connectivity index (χ4n) is 20.8. The van der Waals surface area contributed by atoms with Crippen molar-refractivity contribution in [2.24, 2.45) is 0 Å². The van der Waals surface area contributed by atoms with Crippen LogP contribution in [0.2, 0.25) is 0 Å². The first kappa shape index (κ1) is 85.2. The molecule has 0 saturated heterocycles. The topological polar surface area (TPSA) is 116 Å². The van der Waals surface area contributed by atoms with Crippen LogP contribution in [0.5, 0.6) is 0 Å². The molecule has 0 N–H and O–H groups in total. The van der Waals surface area contributed by atoms with E-state index in [0.29, 0.717) is 11.8 Å². The molecule has 1 aliphatic rings. The molecule has 0 bridgehead atoms. The average molecular weight is 1770 g/mol. The molecular weight excluding hydrogens is 1680 g/mol. The molecule has 1 saturated carbocycles. The predicted octanol–water partition coefficient (Wildman–Crippen LogP) is 34.1. The zero-order valence-electron chi connectivity index (χ0n) is 77.6. The number of para-hydroxylation sites is 1. The number of benzene rings is 18. The maximum Gasteiger partial charge on any atom is 0.0973 e. The predicted molar refractivity (Wildman–Crippen MR) is 576 cm³/mol. The average Bonchev–Trinajstić information content (AvgIpc) is 0.767.